The molecule has 0 saturated carbocycles. The molecule has 1 fully saturated rings. The Morgan fingerprint density at radius 3 is 2.69 bits per heavy atom. The van der Waals surface area contributed by atoms with Crippen molar-refractivity contribution in [2.45, 2.75) is 58.7 Å². The van der Waals surface area contributed by atoms with Gasteiger partial charge in [0.1, 0.15) is 11.8 Å². The minimum atomic E-state index is -0.652. The van der Waals surface area contributed by atoms with Crippen molar-refractivity contribution in [3.63, 3.8) is 0 Å². The van der Waals surface area contributed by atoms with Crippen LogP contribution in [0.25, 0.3) is 0 Å². The van der Waals surface area contributed by atoms with Crippen LogP contribution in [0.15, 0.2) is 18.2 Å². The number of imide groups is 1. The summed E-state index contributed by atoms with van der Waals surface area (Å²) in [4.78, 5) is 49.9. The second-order valence-electron chi connectivity index (χ2n) is 8.43. The molecule has 0 aromatic heterocycles. The number of fused-ring (bicyclic) bond motifs is 1. The highest BCUT2D eigenvalue weighted by Gasteiger charge is 2.39. The summed E-state index contributed by atoms with van der Waals surface area (Å²) in [6.45, 7) is 8.12. The number of amides is 4. The van der Waals surface area contributed by atoms with E-state index in [2.05, 4.69) is 10.6 Å². The van der Waals surface area contributed by atoms with Crippen molar-refractivity contribution in [1.29, 1.82) is 0 Å². The normalized spacial score (nSPS) is 19.3. The highest BCUT2D eigenvalue weighted by molar-refractivity contribution is 6.05. The molecule has 156 valence electrons. The lowest BCUT2D eigenvalue weighted by atomic mass is 9.91. The van der Waals surface area contributed by atoms with Crippen molar-refractivity contribution in [3.8, 4) is 5.75 Å². The van der Waals surface area contributed by atoms with Crippen LogP contribution < -0.4 is 15.4 Å². The van der Waals surface area contributed by atoms with Crippen molar-refractivity contribution in [2.24, 2.45) is 5.92 Å². The molecule has 29 heavy (non-hydrogen) atoms. The summed E-state index contributed by atoms with van der Waals surface area (Å²) in [6.07, 6.45) is 0.534. The standard InChI is InChI=1S/C21H27N3O5/c1-12(2)21(3,4)23-18(26)11-29-14-6-5-13-10-24(20(28)15(13)9-14)16-7-8-17(25)22-19(16)27/h5-6,9,12,16H,7-8,10-11H2,1-4H3,(H,23,26)(H,22,25,27). The van der Waals surface area contributed by atoms with Gasteiger partial charge in [0.25, 0.3) is 11.8 Å². The van der Waals surface area contributed by atoms with Gasteiger partial charge in [-0.25, -0.2) is 0 Å². The molecule has 2 aliphatic heterocycles. The topological polar surface area (TPSA) is 105 Å². The van der Waals surface area contributed by atoms with E-state index in [1.54, 1.807) is 18.2 Å². The summed E-state index contributed by atoms with van der Waals surface area (Å²) in [5, 5.41) is 5.22. The number of carbonyl (C=O) groups is 4. The second-order valence-corrected chi connectivity index (χ2v) is 8.43. The van der Waals surface area contributed by atoms with Crippen LogP contribution in [-0.2, 0) is 20.9 Å². The summed E-state index contributed by atoms with van der Waals surface area (Å²) in [5.74, 6) is -0.582. The SMILES string of the molecule is CC(C)C(C)(C)NC(=O)COc1ccc2c(c1)C(=O)N(C1CCC(=O)NC1=O)C2. The fraction of sp³-hybridized carbons (Fsp3) is 0.524. The molecule has 8 nitrogen and oxygen atoms in total. The lowest BCUT2D eigenvalue weighted by Gasteiger charge is -2.30. The molecule has 0 aliphatic carbocycles. The number of nitrogens with zero attached hydrogens (tertiary/aromatic N) is 1. The maximum absolute atomic E-state index is 12.8. The Morgan fingerprint density at radius 1 is 1.31 bits per heavy atom. The zero-order valence-corrected chi connectivity index (χ0v) is 17.2. The quantitative estimate of drug-likeness (QED) is 0.701. The lowest BCUT2D eigenvalue weighted by Crippen LogP contribution is -2.52. The van der Waals surface area contributed by atoms with E-state index < -0.39 is 11.9 Å². The van der Waals surface area contributed by atoms with Crippen molar-refractivity contribution < 1.29 is 23.9 Å². The molecule has 2 aliphatic rings. The molecule has 2 N–H and O–H groups in total. The first-order valence-corrected chi connectivity index (χ1v) is 9.80. The number of nitrogens with one attached hydrogen (secondary N) is 2. The Balaban J connectivity index is 1.64. The lowest BCUT2D eigenvalue weighted by molar-refractivity contribution is -0.137. The average Bonchev–Trinajstić information content (AvgIpc) is 2.96. The number of piperidine rings is 1. The number of hydrogen-bond acceptors (Lipinski definition) is 5. The maximum atomic E-state index is 12.8. The molecule has 0 spiro atoms. The van der Waals surface area contributed by atoms with E-state index in [0.29, 0.717) is 24.3 Å². The number of benzene rings is 1. The van der Waals surface area contributed by atoms with E-state index in [1.807, 2.05) is 27.7 Å². The molecule has 8 heteroatoms. The smallest absolute Gasteiger partial charge is 0.258 e. The summed E-state index contributed by atoms with van der Waals surface area (Å²) < 4.78 is 5.58. The molecular formula is C21H27N3O5. The third-order valence-corrected chi connectivity index (χ3v) is 5.77. The molecule has 1 aromatic rings. The van der Waals surface area contributed by atoms with Crippen LogP contribution in [0.3, 0.4) is 0 Å². The maximum Gasteiger partial charge on any atom is 0.258 e. The molecule has 2 heterocycles. The van der Waals surface area contributed by atoms with Crippen LogP contribution in [-0.4, -0.2) is 46.7 Å². The van der Waals surface area contributed by atoms with Crippen molar-refractivity contribution in [2.75, 3.05) is 6.61 Å². The molecule has 1 atom stereocenters. The van der Waals surface area contributed by atoms with Crippen molar-refractivity contribution >= 4 is 23.6 Å². The first-order valence-electron chi connectivity index (χ1n) is 9.80. The van der Waals surface area contributed by atoms with E-state index in [1.165, 1.54) is 4.90 Å². The van der Waals surface area contributed by atoms with Gasteiger partial charge in [-0.2, -0.15) is 0 Å². The molecular weight excluding hydrogens is 374 g/mol. The van der Waals surface area contributed by atoms with Crippen LogP contribution in [0.5, 0.6) is 5.75 Å². The summed E-state index contributed by atoms with van der Waals surface area (Å²) in [7, 11) is 0. The largest absolute Gasteiger partial charge is 0.484 e. The van der Waals surface area contributed by atoms with Gasteiger partial charge in [0.05, 0.1) is 0 Å². The van der Waals surface area contributed by atoms with Gasteiger partial charge in [-0.3, -0.25) is 24.5 Å². The van der Waals surface area contributed by atoms with E-state index in [9.17, 15) is 19.2 Å². The summed E-state index contributed by atoms with van der Waals surface area (Å²) in [6, 6.07) is 4.43. The van der Waals surface area contributed by atoms with Gasteiger partial charge in [-0.1, -0.05) is 19.9 Å². The van der Waals surface area contributed by atoms with Crippen LogP contribution in [0, 0.1) is 5.92 Å². The van der Waals surface area contributed by atoms with Crippen molar-refractivity contribution in [1.82, 2.24) is 15.5 Å². The highest BCUT2D eigenvalue weighted by Crippen LogP contribution is 2.30. The van der Waals surface area contributed by atoms with E-state index in [-0.39, 0.29) is 42.2 Å². The Hall–Kier alpha value is -2.90. The van der Waals surface area contributed by atoms with Crippen molar-refractivity contribution in [3.05, 3.63) is 29.3 Å². The third kappa shape index (κ3) is 4.41. The van der Waals surface area contributed by atoms with E-state index in [4.69, 9.17) is 4.74 Å². The molecule has 1 aromatic carbocycles. The van der Waals surface area contributed by atoms with Crippen LogP contribution in [0.2, 0.25) is 0 Å². The van der Waals surface area contributed by atoms with Gasteiger partial charge in [-0.05, 0) is 43.9 Å². The van der Waals surface area contributed by atoms with Gasteiger partial charge in [0.2, 0.25) is 11.8 Å². The van der Waals surface area contributed by atoms with Crippen LogP contribution >= 0.6 is 0 Å². The zero-order valence-electron chi connectivity index (χ0n) is 17.2. The monoisotopic (exact) mass is 401 g/mol. The predicted octanol–water partition coefficient (Wildman–Crippen LogP) is 1.38. The molecule has 3 rings (SSSR count). The third-order valence-electron chi connectivity index (χ3n) is 5.77. The molecule has 1 unspecified atom stereocenters. The van der Waals surface area contributed by atoms with E-state index >= 15 is 0 Å². The molecule has 4 amide bonds. The van der Waals surface area contributed by atoms with Crippen LogP contribution in [0.1, 0.15) is 56.5 Å². The second kappa shape index (κ2) is 7.85. The fourth-order valence-corrected chi connectivity index (χ4v) is 3.31. The zero-order chi connectivity index (χ0) is 21.3. The van der Waals surface area contributed by atoms with Gasteiger partial charge in [0, 0.05) is 24.1 Å². The number of ether oxygens (including phenoxy) is 1. The molecule has 0 bridgehead atoms. The molecule has 0 radical (unpaired) electrons. The summed E-state index contributed by atoms with van der Waals surface area (Å²) in [5.41, 5.74) is 0.893. The van der Waals surface area contributed by atoms with Gasteiger partial charge in [-0.15, -0.1) is 0 Å². The Bertz CT molecular complexity index is 862. The van der Waals surface area contributed by atoms with Gasteiger partial charge < -0.3 is 15.0 Å². The number of carbonyl (C=O) groups excluding carboxylic acids is 4. The first-order chi connectivity index (χ1) is 13.6. The minimum absolute atomic E-state index is 0.153. The fourth-order valence-electron chi connectivity index (χ4n) is 3.31. The van der Waals surface area contributed by atoms with E-state index in [0.717, 1.165) is 5.56 Å². The number of hydrogen-bond donors (Lipinski definition) is 2. The first kappa shape index (κ1) is 20.8. The van der Waals surface area contributed by atoms with Crippen LogP contribution in [0.4, 0.5) is 0 Å². The minimum Gasteiger partial charge on any atom is -0.484 e. The van der Waals surface area contributed by atoms with Gasteiger partial charge >= 0.3 is 0 Å². The highest BCUT2D eigenvalue weighted by atomic mass is 16.5. The Labute approximate surface area is 170 Å². The summed E-state index contributed by atoms with van der Waals surface area (Å²) >= 11 is 0. The predicted molar refractivity (Wildman–Crippen MR) is 105 cm³/mol. The average molecular weight is 401 g/mol. The Kier molecular flexibility index (Phi) is 5.64. The number of rotatable bonds is 6. The van der Waals surface area contributed by atoms with Gasteiger partial charge in [0.15, 0.2) is 6.61 Å². The Morgan fingerprint density at radius 2 is 2.03 bits per heavy atom. The molecule has 1 saturated heterocycles.